The molecule has 190 valence electrons. The van der Waals surface area contributed by atoms with Crippen LogP contribution >= 0.6 is 0 Å². The van der Waals surface area contributed by atoms with Crippen molar-refractivity contribution in [2.45, 2.75) is 39.3 Å². The fourth-order valence-electron chi connectivity index (χ4n) is 4.68. The van der Waals surface area contributed by atoms with Crippen LogP contribution in [0.3, 0.4) is 0 Å². The number of aromatic nitrogens is 4. The van der Waals surface area contributed by atoms with Gasteiger partial charge in [-0.05, 0) is 57.6 Å². The molecule has 0 unspecified atom stereocenters. The van der Waals surface area contributed by atoms with E-state index in [0.29, 0.717) is 0 Å². The van der Waals surface area contributed by atoms with Crippen LogP contribution in [0.2, 0.25) is 0 Å². The van der Waals surface area contributed by atoms with Gasteiger partial charge in [-0.2, -0.15) is 0 Å². The molecule has 6 nitrogen and oxygen atoms in total. The quantitative estimate of drug-likeness (QED) is 0.220. The van der Waals surface area contributed by atoms with Gasteiger partial charge >= 0.3 is 0 Å². The predicted molar refractivity (Wildman–Crippen MR) is 149 cm³/mol. The van der Waals surface area contributed by atoms with Crippen molar-refractivity contribution in [1.29, 1.82) is 0 Å². The minimum atomic E-state index is 0.812. The van der Waals surface area contributed by atoms with E-state index in [2.05, 4.69) is 78.3 Å². The Morgan fingerprint density at radius 2 is 0.684 bits per heavy atom. The number of hydrogen-bond acceptors (Lipinski definition) is 6. The molecule has 0 bridgehead atoms. The van der Waals surface area contributed by atoms with E-state index < -0.39 is 0 Å². The van der Waals surface area contributed by atoms with Gasteiger partial charge in [-0.3, -0.25) is 29.7 Å². The zero-order valence-electron chi connectivity index (χ0n) is 21.5. The number of pyridine rings is 4. The fraction of sp³-hybridized carbons (Fsp3) is 0.188. The highest BCUT2D eigenvalue weighted by molar-refractivity contribution is 5.28. The minimum absolute atomic E-state index is 0.812. The lowest BCUT2D eigenvalue weighted by molar-refractivity contribution is 0.233. The summed E-state index contributed by atoms with van der Waals surface area (Å²) in [6, 6.07) is 25.3. The van der Waals surface area contributed by atoms with Gasteiger partial charge in [0.15, 0.2) is 0 Å². The Hall–Kier alpha value is -4.26. The summed E-state index contributed by atoms with van der Waals surface area (Å²) in [5.74, 6) is 0. The molecule has 4 aromatic heterocycles. The monoisotopic (exact) mass is 500 g/mol. The molecule has 0 saturated carbocycles. The third-order valence-corrected chi connectivity index (χ3v) is 6.42. The van der Waals surface area contributed by atoms with Crippen molar-refractivity contribution in [2.24, 2.45) is 0 Å². The Balaban J connectivity index is 1.38. The molecule has 0 aliphatic carbocycles. The molecule has 0 amide bonds. The average molecular weight is 501 g/mol. The van der Waals surface area contributed by atoms with Gasteiger partial charge in [-0.15, -0.1) is 0 Å². The second kappa shape index (κ2) is 13.3. The van der Waals surface area contributed by atoms with Gasteiger partial charge in [0.05, 0.1) is 0 Å². The summed E-state index contributed by atoms with van der Waals surface area (Å²) in [4.78, 5) is 22.2. The van der Waals surface area contributed by atoms with Crippen LogP contribution < -0.4 is 0 Å². The maximum Gasteiger partial charge on any atom is 0.0312 e. The third-order valence-electron chi connectivity index (χ3n) is 6.42. The van der Waals surface area contributed by atoms with E-state index in [9.17, 15) is 0 Å². The predicted octanol–water partition coefficient (Wildman–Crippen LogP) is 5.67. The van der Waals surface area contributed by atoms with Crippen molar-refractivity contribution in [1.82, 2.24) is 29.7 Å². The number of rotatable bonds is 12. The molecule has 0 aliphatic heterocycles. The van der Waals surface area contributed by atoms with Crippen molar-refractivity contribution in [3.63, 3.8) is 0 Å². The van der Waals surface area contributed by atoms with Crippen LogP contribution in [-0.2, 0) is 39.3 Å². The van der Waals surface area contributed by atoms with Gasteiger partial charge in [-0.1, -0.05) is 48.5 Å². The molecule has 0 atom stereocenters. The van der Waals surface area contributed by atoms with Crippen molar-refractivity contribution in [3.8, 4) is 0 Å². The van der Waals surface area contributed by atoms with Crippen LogP contribution in [0.25, 0.3) is 0 Å². The van der Waals surface area contributed by atoms with Crippen LogP contribution in [0.15, 0.2) is 122 Å². The van der Waals surface area contributed by atoms with E-state index in [1.807, 2.05) is 73.8 Å². The largest absolute Gasteiger partial charge is 0.290 e. The summed E-state index contributed by atoms with van der Waals surface area (Å²) < 4.78 is 0. The Morgan fingerprint density at radius 1 is 0.368 bits per heavy atom. The fourth-order valence-corrected chi connectivity index (χ4v) is 4.68. The molecule has 0 spiro atoms. The highest BCUT2D eigenvalue weighted by Crippen LogP contribution is 2.20. The topological polar surface area (TPSA) is 58.0 Å². The van der Waals surface area contributed by atoms with E-state index in [1.165, 1.54) is 33.4 Å². The molecule has 0 N–H and O–H groups in total. The lowest BCUT2D eigenvalue weighted by Gasteiger charge is -2.27. The third kappa shape index (κ3) is 7.62. The molecular weight excluding hydrogens is 468 g/mol. The van der Waals surface area contributed by atoms with Crippen molar-refractivity contribution >= 4 is 0 Å². The smallest absolute Gasteiger partial charge is 0.0312 e. The van der Waals surface area contributed by atoms with Gasteiger partial charge in [0.25, 0.3) is 0 Å². The van der Waals surface area contributed by atoms with Crippen LogP contribution in [0, 0.1) is 0 Å². The number of hydrogen-bond donors (Lipinski definition) is 0. The summed E-state index contributed by atoms with van der Waals surface area (Å²) in [7, 11) is 0. The lowest BCUT2D eigenvalue weighted by atomic mass is 10.0. The zero-order chi connectivity index (χ0) is 25.8. The standard InChI is InChI=1S/C32H32N6/c1-2-12-32(26-38(23-29-9-5-15-35-19-29)24-30-10-6-16-36-20-30)31(11-1)25-37(21-27-7-3-13-33-17-27)22-28-8-4-14-34-18-28/h1-20H,21-26H2. The Bertz CT molecular complexity index is 1170. The molecule has 6 heteroatoms. The van der Waals surface area contributed by atoms with E-state index in [4.69, 9.17) is 0 Å². The molecule has 0 radical (unpaired) electrons. The van der Waals surface area contributed by atoms with Crippen LogP contribution in [0.4, 0.5) is 0 Å². The molecule has 0 aliphatic rings. The Labute approximate surface area is 224 Å². The first-order valence-corrected chi connectivity index (χ1v) is 12.9. The minimum Gasteiger partial charge on any atom is -0.290 e. The summed E-state index contributed by atoms with van der Waals surface area (Å²) in [6.07, 6.45) is 15.1. The molecule has 5 aromatic rings. The second-order valence-corrected chi connectivity index (χ2v) is 9.50. The molecule has 1 aromatic carbocycles. The van der Waals surface area contributed by atoms with Gasteiger partial charge in [0.1, 0.15) is 0 Å². The highest BCUT2D eigenvalue weighted by Gasteiger charge is 2.15. The number of benzene rings is 1. The van der Waals surface area contributed by atoms with Crippen LogP contribution in [-0.4, -0.2) is 29.7 Å². The Kier molecular flexibility index (Phi) is 8.91. The maximum absolute atomic E-state index is 4.33. The van der Waals surface area contributed by atoms with Gasteiger partial charge in [-0.25, -0.2) is 0 Å². The van der Waals surface area contributed by atoms with Crippen LogP contribution in [0.1, 0.15) is 33.4 Å². The first-order valence-electron chi connectivity index (χ1n) is 12.9. The summed E-state index contributed by atoms with van der Waals surface area (Å²) in [5.41, 5.74) is 7.44. The average Bonchev–Trinajstić information content (AvgIpc) is 2.96. The first-order chi connectivity index (χ1) is 18.8. The first kappa shape index (κ1) is 25.4. The van der Waals surface area contributed by atoms with E-state index >= 15 is 0 Å². The molecule has 4 heterocycles. The Morgan fingerprint density at radius 3 is 0.947 bits per heavy atom. The molecule has 0 saturated heterocycles. The molecule has 0 fully saturated rings. The second-order valence-electron chi connectivity index (χ2n) is 9.50. The zero-order valence-corrected chi connectivity index (χ0v) is 21.5. The van der Waals surface area contributed by atoms with Crippen molar-refractivity contribution in [2.75, 3.05) is 0 Å². The van der Waals surface area contributed by atoms with Gasteiger partial charge in [0.2, 0.25) is 0 Å². The maximum atomic E-state index is 4.33. The molecule has 38 heavy (non-hydrogen) atoms. The SMILES string of the molecule is c1cncc(CN(Cc2cccnc2)Cc2ccccc2CN(Cc2cccnc2)Cc2cccnc2)c1. The summed E-state index contributed by atoms with van der Waals surface area (Å²) in [5, 5.41) is 0. The van der Waals surface area contributed by atoms with Crippen molar-refractivity contribution in [3.05, 3.63) is 156 Å². The molecule has 5 rings (SSSR count). The summed E-state index contributed by atoms with van der Waals surface area (Å²) >= 11 is 0. The van der Waals surface area contributed by atoms with E-state index in [1.54, 1.807) is 0 Å². The van der Waals surface area contributed by atoms with E-state index in [-0.39, 0.29) is 0 Å². The normalized spacial score (nSPS) is 11.2. The summed E-state index contributed by atoms with van der Waals surface area (Å²) in [6.45, 7) is 4.90. The highest BCUT2D eigenvalue weighted by atomic mass is 15.1. The number of nitrogens with zero attached hydrogens (tertiary/aromatic N) is 6. The van der Waals surface area contributed by atoms with Crippen LogP contribution in [0.5, 0.6) is 0 Å². The molecular formula is C32H32N6. The van der Waals surface area contributed by atoms with E-state index in [0.717, 1.165) is 39.3 Å². The lowest BCUT2D eigenvalue weighted by Crippen LogP contribution is -2.26. The van der Waals surface area contributed by atoms with Crippen molar-refractivity contribution < 1.29 is 0 Å². The van der Waals surface area contributed by atoms with Gasteiger partial charge in [0, 0.05) is 88.8 Å². The van der Waals surface area contributed by atoms with Gasteiger partial charge < -0.3 is 0 Å².